The van der Waals surface area contributed by atoms with Crippen molar-refractivity contribution in [3.8, 4) is 0 Å². The molecule has 2 rings (SSSR count). The van der Waals surface area contributed by atoms with Gasteiger partial charge in [0.25, 0.3) is 0 Å². The Kier molecular flexibility index (Phi) is 10.9. The van der Waals surface area contributed by atoms with Crippen molar-refractivity contribution in [1.29, 1.82) is 0 Å². The van der Waals surface area contributed by atoms with Gasteiger partial charge in [-0.25, -0.2) is 4.79 Å². The zero-order valence-corrected chi connectivity index (χ0v) is 21.5. The maximum Gasteiger partial charge on any atom is 0.326 e. The Morgan fingerprint density at radius 2 is 1.65 bits per heavy atom. The number of H-pyrrole nitrogens is 1. The van der Waals surface area contributed by atoms with Crippen molar-refractivity contribution >= 4 is 53.2 Å². The molecular weight excluding hydrogens is 502 g/mol. The number of para-hydroxylation sites is 1. The van der Waals surface area contributed by atoms with Gasteiger partial charge in [0.2, 0.25) is 17.7 Å². The number of hydrogen-bond acceptors (Lipinski definition) is 7. The molecule has 5 atom stereocenters. The number of benzene rings is 1. The van der Waals surface area contributed by atoms with E-state index in [0.29, 0.717) is 12.0 Å². The molecule has 0 aliphatic heterocycles. The van der Waals surface area contributed by atoms with Gasteiger partial charge in [0.15, 0.2) is 0 Å². The lowest BCUT2D eigenvalue weighted by Crippen LogP contribution is -2.59. The quantitative estimate of drug-likeness (QED) is 0.155. The van der Waals surface area contributed by atoms with E-state index in [1.165, 1.54) is 0 Å². The highest BCUT2D eigenvalue weighted by molar-refractivity contribution is 7.80. The first-order chi connectivity index (χ1) is 17.5. The number of carboxylic acid groups (broad SMARTS) is 2. The van der Waals surface area contributed by atoms with Gasteiger partial charge in [-0.2, -0.15) is 12.6 Å². The Morgan fingerprint density at radius 1 is 1.00 bits per heavy atom. The van der Waals surface area contributed by atoms with Crippen molar-refractivity contribution in [3.05, 3.63) is 36.0 Å². The summed E-state index contributed by atoms with van der Waals surface area (Å²) < 4.78 is 0. The van der Waals surface area contributed by atoms with Crippen LogP contribution in [-0.4, -0.2) is 74.8 Å². The Balaban J connectivity index is 2.21. The molecule has 1 heterocycles. The van der Waals surface area contributed by atoms with Crippen LogP contribution in [0.2, 0.25) is 0 Å². The summed E-state index contributed by atoms with van der Waals surface area (Å²) >= 11 is 3.91. The van der Waals surface area contributed by atoms with Crippen molar-refractivity contribution in [2.45, 2.75) is 57.3 Å². The first-order valence-electron chi connectivity index (χ1n) is 11.8. The lowest BCUT2D eigenvalue weighted by atomic mass is 9.96. The van der Waals surface area contributed by atoms with Gasteiger partial charge < -0.3 is 36.9 Å². The Morgan fingerprint density at radius 3 is 2.24 bits per heavy atom. The Hall–Kier alpha value is -3.58. The smallest absolute Gasteiger partial charge is 0.326 e. The number of rotatable bonds is 14. The summed E-state index contributed by atoms with van der Waals surface area (Å²) in [5, 5.41) is 27.0. The van der Waals surface area contributed by atoms with Gasteiger partial charge in [0.1, 0.15) is 18.1 Å². The maximum absolute atomic E-state index is 13.2. The summed E-state index contributed by atoms with van der Waals surface area (Å²) in [5.41, 5.74) is 7.11. The highest BCUT2D eigenvalue weighted by Gasteiger charge is 2.33. The van der Waals surface area contributed by atoms with Crippen molar-refractivity contribution in [1.82, 2.24) is 20.9 Å². The third kappa shape index (κ3) is 8.22. The SMILES string of the molecule is CCC(C)C(NC(=O)C(CC(=O)O)NC(=O)C(N)CS)C(=O)NC(Cc1c[nH]c2ccccc12)C(=O)O. The molecule has 0 aliphatic carbocycles. The number of amides is 3. The van der Waals surface area contributed by atoms with Gasteiger partial charge in [-0.1, -0.05) is 38.5 Å². The van der Waals surface area contributed by atoms with E-state index in [9.17, 15) is 34.2 Å². The fourth-order valence-electron chi connectivity index (χ4n) is 3.68. The zero-order valence-electron chi connectivity index (χ0n) is 20.6. The molecule has 0 fully saturated rings. The third-order valence-corrected chi connectivity index (χ3v) is 6.45. The van der Waals surface area contributed by atoms with Crippen LogP contribution in [0.25, 0.3) is 10.9 Å². The molecular formula is C24H33N5O7S. The number of aromatic amines is 1. The number of carbonyl (C=O) groups is 5. The largest absolute Gasteiger partial charge is 0.481 e. The van der Waals surface area contributed by atoms with Crippen LogP contribution < -0.4 is 21.7 Å². The summed E-state index contributed by atoms with van der Waals surface area (Å²) in [5.74, 6) is -5.51. The number of nitrogens with two attached hydrogens (primary N) is 1. The first kappa shape index (κ1) is 29.6. The molecule has 0 radical (unpaired) electrons. The minimum Gasteiger partial charge on any atom is -0.481 e. The van der Waals surface area contributed by atoms with Crippen LogP contribution in [0.5, 0.6) is 0 Å². The highest BCUT2D eigenvalue weighted by atomic mass is 32.1. The second-order valence-electron chi connectivity index (χ2n) is 8.78. The van der Waals surface area contributed by atoms with Crippen LogP contribution in [0.3, 0.4) is 0 Å². The van der Waals surface area contributed by atoms with Crippen LogP contribution >= 0.6 is 12.6 Å². The lowest BCUT2D eigenvalue weighted by molar-refractivity contribution is -0.143. The number of fused-ring (bicyclic) bond motifs is 1. The van der Waals surface area contributed by atoms with Crippen molar-refractivity contribution in [3.63, 3.8) is 0 Å². The average Bonchev–Trinajstić information content (AvgIpc) is 3.27. The minimum atomic E-state index is -1.50. The lowest BCUT2D eigenvalue weighted by Gasteiger charge is -2.27. The fourth-order valence-corrected chi connectivity index (χ4v) is 3.85. The van der Waals surface area contributed by atoms with Gasteiger partial charge in [-0.05, 0) is 17.5 Å². The van der Waals surface area contributed by atoms with Gasteiger partial charge in [0.05, 0.1) is 12.5 Å². The third-order valence-electron chi connectivity index (χ3n) is 6.05. The molecule has 202 valence electrons. The second kappa shape index (κ2) is 13.7. The van der Waals surface area contributed by atoms with Gasteiger partial charge >= 0.3 is 11.9 Å². The topological polar surface area (TPSA) is 204 Å². The van der Waals surface area contributed by atoms with Crippen LogP contribution in [0, 0.1) is 5.92 Å². The first-order valence-corrected chi connectivity index (χ1v) is 12.4. The van der Waals surface area contributed by atoms with E-state index in [0.717, 1.165) is 10.9 Å². The molecule has 37 heavy (non-hydrogen) atoms. The van der Waals surface area contributed by atoms with Gasteiger partial charge in [0, 0.05) is 29.3 Å². The van der Waals surface area contributed by atoms with Crippen LogP contribution in [0.1, 0.15) is 32.3 Å². The highest BCUT2D eigenvalue weighted by Crippen LogP contribution is 2.19. The number of aliphatic carboxylic acids is 2. The minimum absolute atomic E-state index is 0.00836. The van der Waals surface area contributed by atoms with E-state index in [-0.39, 0.29) is 12.2 Å². The van der Waals surface area contributed by atoms with Crippen LogP contribution in [0.15, 0.2) is 30.5 Å². The molecule has 1 aromatic heterocycles. The number of thiol groups is 1. The Bertz CT molecular complexity index is 1140. The molecule has 0 spiro atoms. The summed E-state index contributed by atoms with van der Waals surface area (Å²) in [6, 6.07) is 2.28. The standard InChI is InChI=1S/C24H33N5O7S/c1-3-12(2)20(29-22(33)17(9-19(30)31)27-21(32)15(25)11-37)23(34)28-18(24(35)36)8-13-10-26-16-7-5-4-6-14(13)16/h4-7,10,12,15,17-18,20,26,37H,3,8-9,11,25H2,1-2H3,(H,27,32)(H,28,34)(H,29,33)(H,30,31)(H,35,36). The summed E-state index contributed by atoms with van der Waals surface area (Å²) in [7, 11) is 0. The fraction of sp³-hybridized carbons (Fsp3) is 0.458. The number of carboxylic acids is 2. The second-order valence-corrected chi connectivity index (χ2v) is 9.15. The number of carbonyl (C=O) groups excluding carboxylic acids is 3. The molecule has 8 N–H and O–H groups in total. The summed E-state index contributed by atoms with van der Waals surface area (Å²) in [4.78, 5) is 64.6. The van der Waals surface area contributed by atoms with E-state index >= 15 is 0 Å². The number of nitrogens with one attached hydrogen (secondary N) is 4. The van der Waals surface area contributed by atoms with Crippen molar-refractivity contribution in [2.75, 3.05) is 5.75 Å². The summed E-state index contributed by atoms with van der Waals surface area (Å²) in [6.07, 6.45) is 1.37. The number of hydrogen-bond donors (Lipinski definition) is 8. The molecule has 5 unspecified atom stereocenters. The monoisotopic (exact) mass is 535 g/mol. The van der Waals surface area contributed by atoms with Gasteiger partial charge in [-0.15, -0.1) is 0 Å². The molecule has 0 saturated heterocycles. The van der Waals surface area contributed by atoms with Crippen molar-refractivity contribution in [2.24, 2.45) is 11.7 Å². The number of aromatic nitrogens is 1. The van der Waals surface area contributed by atoms with E-state index < -0.39 is 66.2 Å². The maximum atomic E-state index is 13.2. The molecule has 12 nitrogen and oxygen atoms in total. The summed E-state index contributed by atoms with van der Waals surface area (Å²) in [6.45, 7) is 3.46. The predicted molar refractivity (Wildman–Crippen MR) is 139 cm³/mol. The van der Waals surface area contributed by atoms with E-state index in [1.54, 1.807) is 20.0 Å². The van der Waals surface area contributed by atoms with Crippen LogP contribution in [-0.2, 0) is 30.4 Å². The molecule has 2 aromatic rings. The molecule has 0 bridgehead atoms. The molecule has 13 heteroatoms. The molecule has 1 aromatic carbocycles. The van der Waals surface area contributed by atoms with Gasteiger partial charge in [-0.3, -0.25) is 19.2 Å². The van der Waals surface area contributed by atoms with E-state index in [4.69, 9.17) is 5.73 Å². The van der Waals surface area contributed by atoms with Crippen molar-refractivity contribution < 1.29 is 34.2 Å². The Labute approximate surface area is 219 Å². The average molecular weight is 536 g/mol. The normalized spacial score (nSPS) is 15.1. The van der Waals surface area contributed by atoms with E-state index in [1.807, 2.05) is 24.3 Å². The predicted octanol–water partition coefficient (Wildman–Crippen LogP) is 0.0273. The molecule has 0 aliphatic rings. The molecule has 0 saturated carbocycles. The zero-order chi connectivity index (χ0) is 27.7. The van der Waals surface area contributed by atoms with E-state index in [2.05, 4.69) is 33.6 Å². The molecule has 3 amide bonds. The van der Waals surface area contributed by atoms with Crippen LogP contribution in [0.4, 0.5) is 0 Å².